The molecular formula is C16H19BrN2O2S. The van der Waals surface area contributed by atoms with Gasteiger partial charge in [0.15, 0.2) is 0 Å². The molecular weight excluding hydrogens is 364 g/mol. The predicted molar refractivity (Wildman–Crippen MR) is 92.1 cm³/mol. The minimum absolute atomic E-state index is 0.215. The van der Waals surface area contributed by atoms with Gasteiger partial charge in [-0.2, -0.15) is 0 Å². The maximum Gasteiger partial charge on any atom is 0.320 e. The second kappa shape index (κ2) is 7.85. The lowest BCUT2D eigenvalue weighted by Gasteiger charge is -2.23. The van der Waals surface area contributed by atoms with Crippen molar-refractivity contribution in [3.63, 3.8) is 0 Å². The summed E-state index contributed by atoms with van der Waals surface area (Å²) in [6.07, 6.45) is 2.32. The molecule has 0 spiro atoms. The Bertz CT molecular complexity index is 599. The van der Waals surface area contributed by atoms with Crippen LogP contribution in [0.5, 0.6) is 0 Å². The number of rotatable bonds is 7. The highest BCUT2D eigenvalue weighted by atomic mass is 79.9. The van der Waals surface area contributed by atoms with Crippen LogP contribution in [-0.4, -0.2) is 22.1 Å². The van der Waals surface area contributed by atoms with Gasteiger partial charge >= 0.3 is 5.97 Å². The molecule has 22 heavy (non-hydrogen) atoms. The zero-order valence-electron chi connectivity index (χ0n) is 12.5. The largest absolute Gasteiger partial charge is 0.480 e. The van der Waals surface area contributed by atoms with Crippen molar-refractivity contribution in [2.45, 2.75) is 32.4 Å². The van der Waals surface area contributed by atoms with E-state index in [0.29, 0.717) is 12.3 Å². The summed E-state index contributed by atoms with van der Waals surface area (Å²) in [6.45, 7) is 4.05. The molecule has 1 unspecified atom stereocenters. The fraction of sp³-hybridized carbons (Fsp3) is 0.375. The standard InChI is InChI=1S/C16H19BrN2O2S/c1-10(2)9-13(16(20)21)19-14(15-18-7-8-22-15)11-3-5-12(17)6-4-11/h3-8,10,13-14,19H,9H2,1-2H3,(H,20,21)/t13?,14-/m0/s1. The van der Waals surface area contributed by atoms with Gasteiger partial charge in [0.1, 0.15) is 11.0 Å². The van der Waals surface area contributed by atoms with Crippen molar-refractivity contribution in [3.8, 4) is 0 Å². The van der Waals surface area contributed by atoms with Crippen LogP contribution in [0, 0.1) is 5.92 Å². The van der Waals surface area contributed by atoms with Crippen molar-refractivity contribution in [1.29, 1.82) is 0 Å². The fourth-order valence-corrected chi connectivity index (χ4v) is 3.24. The molecule has 1 aromatic heterocycles. The number of nitrogens with zero attached hydrogens (tertiary/aromatic N) is 1. The summed E-state index contributed by atoms with van der Waals surface area (Å²) in [5.74, 6) is -0.525. The Hall–Kier alpha value is -1.24. The van der Waals surface area contributed by atoms with Crippen LogP contribution >= 0.6 is 27.3 Å². The minimum Gasteiger partial charge on any atom is -0.480 e. The first kappa shape index (κ1) is 17.1. The highest BCUT2D eigenvalue weighted by Gasteiger charge is 2.25. The molecule has 6 heteroatoms. The highest BCUT2D eigenvalue weighted by molar-refractivity contribution is 9.10. The summed E-state index contributed by atoms with van der Waals surface area (Å²) in [6, 6.07) is 7.06. The predicted octanol–water partition coefficient (Wildman–Crippen LogP) is 4.08. The Balaban J connectivity index is 2.28. The van der Waals surface area contributed by atoms with Crippen LogP contribution in [-0.2, 0) is 4.79 Å². The van der Waals surface area contributed by atoms with Crippen molar-refractivity contribution in [2.24, 2.45) is 5.92 Å². The Morgan fingerprint density at radius 1 is 1.36 bits per heavy atom. The van der Waals surface area contributed by atoms with E-state index in [-0.39, 0.29) is 6.04 Å². The molecule has 0 aliphatic heterocycles. The number of carbonyl (C=O) groups is 1. The van der Waals surface area contributed by atoms with Crippen LogP contribution in [0.4, 0.5) is 0 Å². The molecule has 0 saturated carbocycles. The van der Waals surface area contributed by atoms with Crippen molar-refractivity contribution in [3.05, 3.63) is 50.9 Å². The van der Waals surface area contributed by atoms with E-state index in [2.05, 4.69) is 26.2 Å². The van der Waals surface area contributed by atoms with Crippen LogP contribution in [0.25, 0.3) is 0 Å². The van der Waals surface area contributed by atoms with Gasteiger partial charge in [-0.05, 0) is 30.0 Å². The SMILES string of the molecule is CC(C)CC(N[C@@H](c1ccc(Br)cc1)c1nccs1)C(=O)O. The van der Waals surface area contributed by atoms with Gasteiger partial charge < -0.3 is 5.11 Å². The summed E-state index contributed by atoms with van der Waals surface area (Å²) in [5.41, 5.74) is 1.01. The molecule has 2 atom stereocenters. The lowest BCUT2D eigenvalue weighted by Crippen LogP contribution is -2.40. The third kappa shape index (κ3) is 4.63. The molecule has 0 fully saturated rings. The van der Waals surface area contributed by atoms with Crippen LogP contribution in [0.2, 0.25) is 0 Å². The van der Waals surface area contributed by atoms with Gasteiger partial charge in [-0.3, -0.25) is 10.1 Å². The van der Waals surface area contributed by atoms with Crippen molar-refractivity contribution in [2.75, 3.05) is 0 Å². The van der Waals surface area contributed by atoms with Gasteiger partial charge in [0.2, 0.25) is 0 Å². The molecule has 2 aromatic rings. The molecule has 1 heterocycles. The number of hydrogen-bond donors (Lipinski definition) is 2. The Morgan fingerprint density at radius 2 is 2.05 bits per heavy atom. The van der Waals surface area contributed by atoms with Crippen molar-refractivity contribution < 1.29 is 9.90 Å². The lowest BCUT2D eigenvalue weighted by atomic mass is 10.0. The first-order chi connectivity index (χ1) is 10.5. The second-order valence-electron chi connectivity index (χ2n) is 5.54. The average molecular weight is 383 g/mol. The van der Waals surface area contributed by atoms with E-state index in [4.69, 9.17) is 0 Å². The molecule has 2 rings (SSSR count). The van der Waals surface area contributed by atoms with Crippen LogP contribution in [0.1, 0.15) is 36.9 Å². The molecule has 1 aromatic carbocycles. The van der Waals surface area contributed by atoms with E-state index < -0.39 is 12.0 Å². The minimum atomic E-state index is -0.827. The first-order valence-corrected chi connectivity index (χ1v) is 8.78. The number of benzene rings is 1. The molecule has 2 N–H and O–H groups in total. The van der Waals surface area contributed by atoms with E-state index in [1.54, 1.807) is 6.20 Å². The molecule has 4 nitrogen and oxygen atoms in total. The van der Waals surface area contributed by atoms with Crippen LogP contribution in [0.3, 0.4) is 0 Å². The topological polar surface area (TPSA) is 62.2 Å². The quantitative estimate of drug-likeness (QED) is 0.756. The van der Waals surface area contributed by atoms with Gasteiger partial charge in [0.25, 0.3) is 0 Å². The molecule has 0 aliphatic carbocycles. The number of halogens is 1. The number of hydrogen-bond acceptors (Lipinski definition) is 4. The Kier molecular flexibility index (Phi) is 6.11. The molecule has 0 amide bonds. The van der Waals surface area contributed by atoms with Gasteiger partial charge in [-0.15, -0.1) is 11.3 Å². The lowest BCUT2D eigenvalue weighted by molar-refractivity contribution is -0.140. The number of nitrogens with one attached hydrogen (secondary N) is 1. The van der Waals surface area contributed by atoms with Crippen LogP contribution in [0.15, 0.2) is 40.3 Å². The van der Waals surface area contributed by atoms with Gasteiger partial charge in [0, 0.05) is 16.0 Å². The van der Waals surface area contributed by atoms with Gasteiger partial charge in [0.05, 0.1) is 6.04 Å². The molecule has 0 radical (unpaired) electrons. The third-order valence-electron chi connectivity index (χ3n) is 3.27. The molecule has 0 aliphatic rings. The van der Waals surface area contributed by atoms with Crippen molar-refractivity contribution in [1.82, 2.24) is 10.3 Å². The number of thiazole rings is 1. The van der Waals surface area contributed by atoms with E-state index in [1.807, 2.05) is 43.5 Å². The smallest absolute Gasteiger partial charge is 0.320 e. The van der Waals surface area contributed by atoms with Gasteiger partial charge in [-0.25, -0.2) is 4.98 Å². The average Bonchev–Trinajstić information content (AvgIpc) is 2.98. The fourth-order valence-electron chi connectivity index (χ4n) is 2.26. The maximum absolute atomic E-state index is 11.5. The molecule has 118 valence electrons. The molecule has 0 saturated heterocycles. The number of carboxylic acids is 1. The summed E-state index contributed by atoms with van der Waals surface area (Å²) in [4.78, 5) is 15.9. The van der Waals surface area contributed by atoms with E-state index >= 15 is 0 Å². The monoisotopic (exact) mass is 382 g/mol. The zero-order chi connectivity index (χ0) is 16.1. The van der Waals surface area contributed by atoms with E-state index in [9.17, 15) is 9.90 Å². The Labute approximate surface area is 142 Å². The Morgan fingerprint density at radius 3 is 2.55 bits per heavy atom. The highest BCUT2D eigenvalue weighted by Crippen LogP contribution is 2.26. The van der Waals surface area contributed by atoms with E-state index in [1.165, 1.54) is 11.3 Å². The molecule has 0 bridgehead atoms. The maximum atomic E-state index is 11.5. The van der Waals surface area contributed by atoms with Crippen LogP contribution < -0.4 is 5.32 Å². The van der Waals surface area contributed by atoms with Gasteiger partial charge in [-0.1, -0.05) is 41.9 Å². The summed E-state index contributed by atoms with van der Waals surface area (Å²) in [5, 5.41) is 15.5. The summed E-state index contributed by atoms with van der Waals surface area (Å²) >= 11 is 4.95. The second-order valence-corrected chi connectivity index (χ2v) is 7.38. The van der Waals surface area contributed by atoms with E-state index in [0.717, 1.165) is 15.0 Å². The summed E-state index contributed by atoms with van der Waals surface area (Å²) < 4.78 is 0.992. The number of carboxylic acid groups (broad SMARTS) is 1. The third-order valence-corrected chi connectivity index (χ3v) is 4.64. The number of aromatic nitrogens is 1. The number of aliphatic carboxylic acids is 1. The first-order valence-electron chi connectivity index (χ1n) is 7.11. The zero-order valence-corrected chi connectivity index (χ0v) is 14.9. The normalized spacial score (nSPS) is 14.0. The van der Waals surface area contributed by atoms with Crippen molar-refractivity contribution >= 4 is 33.2 Å². The summed E-state index contributed by atoms with van der Waals surface area (Å²) in [7, 11) is 0.